The first-order chi connectivity index (χ1) is 12.7. The van der Waals surface area contributed by atoms with Crippen LogP contribution in [0.1, 0.15) is 36.5 Å². The van der Waals surface area contributed by atoms with Crippen molar-refractivity contribution in [3.63, 3.8) is 0 Å². The van der Waals surface area contributed by atoms with Gasteiger partial charge in [-0.15, -0.1) is 0 Å². The van der Waals surface area contributed by atoms with Crippen molar-refractivity contribution in [3.05, 3.63) is 48.0 Å². The molecule has 0 saturated carbocycles. The monoisotopic (exact) mass is 355 g/mol. The van der Waals surface area contributed by atoms with Crippen LogP contribution >= 0.6 is 0 Å². The molecule has 2 aromatic carbocycles. The summed E-state index contributed by atoms with van der Waals surface area (Å²) in [6.07, 6.45) is 1.19. The lowest BCUT2D eigenvalue weighted by Gasteiger charge is -2.07. The van der Waals surface area contributed by atoms with Crippen LogP contribution in [-0.2, 0) is 4.79 Å². The molecule has 1 aliphatic rings. The number of anilines is 1. The van der Waals surface area contributed by atoms with Gasteiger partial charge in [-0.25, -0.2) is 0 Å². The Morgan fingerprint density at radius 2 is 1.81 bits per heavy atom. The minimum atomic E-state index is -0.222. The number of carbonyl (C=O) groups is 2. The van der Waals surface area contributed by atoms with Gasteiger partial charge in [0.1, 0.15) is 5.75 Å². The highest BCUT2D eigenvalue weighted by Gasteiger charge is 2.15. The Labute approximate surface area is 152 Å². The third-order valence-electron chi connectivity index (χ3n) is 3.88. The number of carbonyl (C=O) groups excluding carboxylic acids is 2. The summed E-state index contributed by atoms with van der Waals surface area (Å²) in [6, 6.07) is 12.2. The predicted molar refractivity (Wildman–Crippen MR) is 97.0 cm³/mol. The molecule has 136 valence electrons. The van der Waals surface area contributed by atoms with Crippen LogP contribution in [0.2, 0.25) is 0 Å². The highest BCUT2D eigenvalue weighted by molar-refractivity contribution is 6.00. The largest absolute Gasteiger partial charge is 0.494 e. The molecule has 0 fully saturated rings. The quantitative estimate of drug-likeness (QED) is 0.729. The predicted octanol–water partition coefficient (Wildman–Crippen LogP) is 3.81. The van der Waals surface area contributed by atoms with E-state index >= 15 is 0 Å². The topological polar surface area (TPSA) is 73.9 Å². The molecule has 0 bridgehead atoms. The number of nitrogens with one attached hydrogen (secondary N) is 1. The van der Waals surface area contributed by atoms with E-state index < -0.39 is 0 Å². The summed E-state index contributed by atoms with van der Waals surface area (Å²) in [5.74, 6) is 1.70. The van der Waals surface area contributed by atoms with Crippen molar-refractivity contribution in [3.8, 4) is 17.2 Å². The lowest BCUT2D eigenvalue weighted by molar-refractivity contribution is -0.116. The van der Waals surface area contributed by atoms with E-state index in [1.807, 2.05) is 6.92 Å². The van der Waals surface area contributed by atoms with E-state index in [-0.39, 0.29) is 31.3 Å². The second-order valence-electron chi connectivity index (χ2n) is 5.91. The van der Waals surface area contributed by atoms with Crippen molar-refractivity contribution in [2.45, 2.75) is 26.2 Å². The van der Waals surface area contributed by atoms with Gasteiger partial charge < -0.3 is 19.5 Å². The lowest BCUT2D eigenvalue weighted by Crippen LogP contribution is -2.13. The molecule has 6 heteroatoms. The van der Waals surface area contributed by atoms with Gasteiger partial charge in [0.05, 0.1) is 6.61 Å². The lowest BCUT2D eigenvalue weighted by atomic mass is 10.1. The first kappa shape index (κ1) is 17.8. The zero-order valence-corrected chi connectivity index (χ0v) is 14.6. The second kappa shape index (κ2) is 8.38. The van der Waals surface area contributed by atoms with Crippen molar-refractivity contribution >= 4 is 17.4 Å². The highest BCUT2D eigenvalue weighted by atomic mass is 16.7. The van der Waals surface area contributed by atoms with Gasteiger partial charge >= 0.3 is 0 Å². The highest BCUT2D eigenvalue weighted by Crippen LogP contribution is 2.34. The van der Waals surface area contributed by atoms with Crippen molar-refractivity contribution in [1.82, 2.24) is 0 Å². The third kappa shape index (κ3) is 4.53. The summed E-state index contributed by atoms with van der Waals surface area (Å²) in [5.41, 5.74) is 1.19. The average molecular weight is 355 g/mol. The molecule has 1 aliphatic heterocycles. The summed E-state index contributed by atoms with van der Waals surface area (Å²) in [5, 5.41) is 2.76. The molecular weight excluding hydrogens is 334 g/mol. The molecule has 2 aromatic rings. The van der Waals surface area contributed by atoms with E-state index in [2.05, 4.69) is 5.32 Å². The summed E-state index contributed by atoms with van der Waals surface area (Å²) < 4.78 is 16.0. The van der Waals surface area contributed by atoms with Crippen molar-refractivity contribution < 1.29 is 23.8 Å². The molecule has 0 spiro atoms. The number of hydrogen-bond acceptors (Lipinski definition) is 5. The molecule has 0 aliphatic carbocycles. The van der Waals surface area contributed by atoms with Crippen LogP contribution in [0, 0.1) is 0 Å². The maximum Gasteiger partial charge on any atom is 0.231 e. The normalized spacial score (nSPS) is 11.9. The second-order valence-corrected chi connectivity index (χ2v) is 5.91. The molecule has 26 heavy (non-hydrogen) atoms. The average Bonchev–Trinajstić information content (AvgIpc) is 3.12. The molecule has 1 amide bonds. The van der Waals surface area contributed by atoms with Gasteiger partial charge in [-0.2, -0.15) is 0 Å². The van der Waals surface area contributed by atoms with E-state index in [0.29, 0.717) is 29.4 Å². The van der Waals surface area contributed by atoms with Gasteiger partial charge in [0.15, 0.2) is 17.3 Å². The zero-order valence-electron chi connectivity index (χ0n) is 14.6. The third-order valence-corrected chi connectivity index (χ3v) is 3.88. The SMILES string of the molecule is CCCOc1ccc(C(=O)CCC(=O)Nc2ccc3c(c2)OCO3)cc1. The maximum atomic E-state index is 12.2. The van der Waals surface area contributed by atoms with Gasteiger partial charge in [-0.3, -0.25) is 9.59 Å². The molecule has 0 unspecified atom stereocenters. The standard InChI is InChI=1S/C20H21NO5/c1-2-11-24-16-6-3-14(4-7-16)17(22)8-10-20(23)21-15-5-9-18-19(12-15)26-13-25-18/h3-7,9,12H,2,8,10-11,13H2,1H3,(H,21,23). The number of ether oxygens (including phenoxy) is 3. The van der Waals surface area contributed by atoms with Crippen molar-refractivity contribution in [1.29, 1.82) is 0 Å². The van der Waals surface area contributed by atoms with E-state index in [9.17, 15) is 9.59 Å². The minimum absolute atomic E-state index is 0.0760. The number of fused-ring (bicyclic) bond motifs is 1. The van der Waals surface area contributed by atoms with E-state index in [1.54, 1.807) is 42.5 Å². The maximum absolute atomic E-state index is 12.2. The summed E-state index contributed by atoms with van der Waals surface area (Å²) in [6.45, 7) is 2.86. The molecule has 0 saturated heterocycles. The van der Waals surface area contributed by atoms with E-state index in [4.69, 9.17) is 14.2 Å². The van der Waals surface area contributed by atoms with Crippen LogP contribution in [0.15, 0.2) is 42.5 Å². The zero-order chi connectivity index (χ0) is 18.4. The van der Waals surface area contributed by atoms with Crippen molar-refractivity contribution in [2.24, 2.45) is 0 Å². The van der Waals surface area contributed by atoms with Crippen LogP contribution in [0.25, 0.3) is 0 Å². The Balaban J connectivity index is 1.48. The van der Waals surface area contributed by atoms with Crippen LogP contribution in [0.3, 0.4) is 0 Å². The molecule has 0 radical (unpaired) electrons. The Morgan fingerprint density at radius 3 is 2.58 bits per heavy atom. The smallest absolute Gasteiger partial charge is 0.231 e. The van der Waals surface area contributed by atoms with Gasteiger partial charge in [-0.05, 0) is 42.8 Å². The van der Waals surface area contributed by atoms with Gasteiger partial charge in [-0.1, -0.05) is 6.92 Å². The van der Waals surface area contributed by atoms with E-state index in [0.717, 1.165) is 12.2 Å². The molecule has 1 heterocycles. The number of amides is 1. The van der Waals surface area contributed by atoms with Gasteiger partial charge in [0.25, 0.3) is 0 Å². The summed E-state index contributed by atoms with van der Waals surface area (Å²) >= 11 is 0. The van der Waals surface area contributed by atoms with Gasteiger partial charge in [0.2, 0.25) is 12.7 Å². The number of benzene rings is 2. The molecule has 6 nitrogen and oxygen atoms in total. The van der Waals surface area contributed by atoms with E-state index in [1.165, 1.54) is 0 Å². The fourth-order valence-corrected chi connectivity index (χ4v) is 2.53. The minimum Gasteiger partial charge on any atom is -0.494 e. The Bertz CT molecular complexity index is 785. The van der Waals surface area contributed by atoms with Crippen LogP contribution < -0.4 is 19.5 Å². The molecule has 1 N–H and O–H groups in total. The Hall–Kier alpha value is -3.02. The van der Waals surface area contributed by atoms with Gasteiger partial charge in [0, 0.05) is 30.2 Å². The Morgan fingerprint density at radius 1 is 1.04 bits per heavy atom. The number of ketones is 1. The molecular formula is C20H21NO5. The molecule has 3 rings (SSSR count). The number of Topliss-reactive ketones (excluding diaryl/α,β-unsaturated/α-hetero) is 1. The van der Waals surface area contributed by atoms with Crippen LogP contribution in [-0.4, -0.2) is 25.1 Å². The fourth-order valence-electron chi connectivity index (χ4n) is 2.53. The number of hydrogen-bond donors (Lipinski definition) is 1. The summed E-state index contributed by atoms with van der Waals surface area (Å²) in [4.78, 5) is 24.3. The molecule has 0 aromatic heterocycles. The first-order valence-electron chi connectivity index (χ1n) is 8.61. The number of rotatable bonds is 8. The first-order valence-corrected chi connectivity index (χ1v) is 8.61. The summed E-state index contributed by atoms with van der Waals surface area (Å²) in [7, 11) is 0. The van der Waals surface area contributed by atoms with Crippen LogP contribution in [0.5, 0.6) is 17.2 Å². The van der Waals surface area contributed by atoms with Crippen LogP contribution in [0.4, 0.5) is 5.69 Å². The fraction of sp³-hybridized carbons (Fsp3) is 0.300. The van der Waals surface area contributed by atoms with Crippen molar-refractivity contribution in [2.75, 3.05) is 18.7 Å². The molecule has 0 atom stereocenters. The Kier molecular flexibility index (Phi) is 5.73.